The number of likely N-dealkylation sites (tertiary alicyclic amines) is 1. The Morgan fingerprint density at radius 1 is 1.12 bits per heavy atom. The monoisotopic (exact) mass is 460 g/mol. The maximum atomic E-state index is 13.8. The predicted octanol–water partition coefficient (Wildman–Crippen LogP) is 3.94. The summed E-state index contributed by atoms with van der Waals surface area (Å²) in [5.41, 5.74) is 2.15. The first-order chi connectivity index (χ1) is 16.5. The van der Waals surface area contributed by atoms with E-state index in [1.54, 1.807) is 0 Å². The van der Waals surface area contributed by atoms with Crippen LogP contribution in [0, 0.1) is 11.8 Å². The van der Waals surface area contributed by atoms with Gasteiger partial charge in [0.25, 0.3) is 5.56 Å². The molecule has 6 nitrogen and oxygen atoms in total. The molecule has 1 aromatic heterocycles. The SMILES string of the molecule is CC(C)n1nc(CC(=O)N2CCCC3=C[C@H]4C[C@H](CN5CCCC[C@H]45)[C@H]32)c2ccccc2c1=O. The van der Waals surface area contributed by atoms with E-state index in [9.17, 15) is 9.59 Å². The normalized spacial score (nSPS) is 29.0. The smallest absolute Gasteiger partial charge is 0.274 e. The van der Waals surface area contributed by atoms with E-state index in [4.69, 9.17) is 0 Å². The molecule has 3 aliphatic heterocycles. The molecule has 1 aromatic carbocycles. The summed E-state index contributed by atoms with van der Waals surface area (Å²) in [4.78, 5) is 31.6. The number of nitrogens with zero attached hydrogens (tertiary/aromatic N) is 4. The number of carbonyl (C=O) groups is 1. The minimum atomic E-state index is -0.0818. The minimum absolute atomic E-state index is 0.0505. The van der Waals surface area contributed by atoms with Crippen molar-refractivity contribution in [2.75, 3.05) is 19.6 Å². The van der Waals surface area contributed by atoms with E-state index >= 15 is 0 Å². The highest BCUT2D eigenvalue weighted by Crippen LogP contribution is 2.45. The number of aromatic nitrogens is 2. The van der Waals surface area contributed by atoms with Crippen LogP contribution >= 0.6 is 0 Å². The second kappa shape index (κ2) is 8.63. The van der Waals surface area contributed by atoms with E-state index in [-0.39, 0.29) is 30.0 Å². The van der Waals surface area contributed by atoms with Crippen molar-refractivity contribution in [1.82, 2.24) is 19.6 Å². The molecule has 0 saturated carbocycles. The van der Waals surface area contributed by atoms with Crippen LogP contribution in [0.15, 0.2) is 40.7 Å². The van der Waals surface area contributed by atoms with Crippen molar-refractivity contribution in [3.63, 3.8) is 0 Å². The quantitative estimate of drug-likeness (QED) is 0.651. The number of benzene rings is 1. The summed E-state index contributed by atoms with van der Waals surface area (Å²) in [6.07, 6.45) is 10.2. The molecule has 180 valence electrons. The Bertz CT molecular complexity index is 1200. The molecule has 0 N–H and O–H groups in total. The van der Waals surface area contributed by atoms with Crippen molar-refractivity contribution in [2.45, 2.75) is 76.9 Å². The summed E-state index contributed by atoms with van der Waals surface area (Å²) in [6.45, 7) is 7.10. The molecule has 3 saturated heterocycles. The van der Waals surface area contributed by atoms with Gasteiger partial charge in [0.15, 0.2) is 0 Å². The number of fused-ring (bicyclic) bond motifs is 7. The van der Waals surface area contributed by atoms with Crippen LogP contribution in [-0.2, 0) is 11.2 Å². The van der Waals surface area contributed by atoms with Gasteiger partial charge in [-0.05, 0) is 70.4 Å². The molecule has 0 unspecified atom stereocenters. The summed E-state index contributed by atoms with van der Waals surface area (Å²) in [7, 11) is 0. The molecule has 6 heteroatoms. The molecule has 4 atom stereocenters. The van der Waals surface area contributed by atoms with Gasteiger partial charge < -0.3 is 4.90 Å². The van der Waals surface area contributed by atoms with Gasteiger partial charge in [-0.3, -0.25) is 14.5 Å². The van der Waals surface area contributed by atoms with E-state index in [1.807, 2.05) is 38.1 Å². The first kappa shape index (κ1) is 22.0. The van der Waals surface area contributed by atoms with Crippen LogP contribution in [0.4, 0.5) is 0 Å². The Hall–Kier alpha value is -2.47. The van der Waals surface area contributed by atoms with Gasteiger partial charge in [-0.25, -0.2) is 4.68 Å². The first-order valence-corrected chi connectivity index (χ1v) is 13.3. The second-order valence-corrected chi connectivity index (χ2v) is 11.1. The van der Waals surface area contributed by atoms with Gasteiger partial charge in [0.05, 0.1) is 29.6 Å². The largest absolute Gasteiger partial charge is 0.335 e. The maximum absolute atomic E-state index is 13.8. The molecule has 3 fully saturated rings. The van der Waals surface area contributed by atoms with Crippen molar-refractivity contribution in [3.8, 4) is 0 Å². The molecule has 6 rings (SSSR count). The van der Waals surface area contributed by atoms with E-state index in [0.717, 1.165) is 43.1 Å². The maximum Gasteiger partial charge on any atom is 0.274 e. The molecule has 1 aliphatic carbocycles. The van der Waals surface area contributed by atoms with E-state index in [1.165, 1.54) is 42.5 Å². The third kappa shape index (κ3) is 3.62. The summed E-state index contributed by atoms with van der Waals surface area (Å²) in [5, 5.41) is 6.15. The van der Waals surface area contributed by atoms with Gasteiger partial charge in [0.1, 0.15) is 0 Å². The number of hydrogen-bond acceptors (Lipinski definition) is 4. The highest BCUT2D eigenvalue weighted by atomic mass is 16.2. The molecule has 1 amide bonds. The number of piperidine rings is 3. The van der Waals surface area contributed by atoms with Gasteiger partial charge in [-0.15, -0.1) is 0 Å². The number of rotatable bonds is 3. The van der Waals surface area contributed by atoms with Crippen LogP contribution in [-0.4, -0.2) is 57.2 Å². The van der Waals surface area contributed by atoms with Gasteiger partial charge in [0, 0.05) is 24.5 Å². The predicted molar refractivity (Wildman–Crippen MR) is 134 cm³/mol. The Morgan fingerprint density at radius 2 is 1.94 bits per heavy atom. The molecule has 2 aromatic rings. The third-order valence-electron chi connectivity index (χ3n) is 8.69. The lowest BCUT2D eigenvalue weighted by atomic mass is 9.68. The average molecular weight is 461 g/mol. The van der Waals surface area contributed by atoms with Gasteiger partial charge in [0.2, 0.25) is 5.91 Å². The van der Waals surface area contributed by atoms with Crippen molar-refractivity contribution in [3.05, 3.63) is 52.0 Å². The van der Waals surface area contributed by atoms with Crippen LogP contribution in [0.5, 0.6) is 0 Å². The summed E-state index contributed by atoms with van der Waals surface area (Å²) in [6, 6.07) is 8.51. The number of hydrogen-bond donors (Lipinski definition) is 0. The van der Waals surface area contributed by atoms with Crippen molar-refractivity contribution >= 4 is 16.7 Å². The Kier molecular flexibility index (Phi) is 5.59. The van der Waals surface area contributed by atoms with Gasteiger partial charge in [-0.2, -0.15) is 5.10 Å². The lowest BCUT2D eigenvalue weighted by Gasteiger charge is -2.54. The molecule has 2 bridgehead atoms. The zero-order valence-electron chi connectivity index (χ0n) is 20.4. The number of amides is 1. The summed E-state index contributed by atoms with van der Waals surface area (Å²) in [5.74, 6) is 1.36. The highest BCUT2D eigenvalue weighted by molar-refractivity contribution is 5.88. The van der Waals surface area contributed by atoms with Crippen molar-refractivity contribution in [1.29, 1.82) is 0 Å². The first-order valence-electron chi connectivity index (χ1n) is 13.3. The zero-order chi connectivity index (χ0) is 23.4. The summed E-state index contributed by atoms with van der Waals surface area (Å²) >= 11 is 0. The van der Waals surface area contributed by atoms with Crippen LogP contribution in [0.2, 0.25) is 0 Å². The molecule has 4 heterocycles. The van der Waals surface area contributed by atoms with Gasteiger partial charge in [-0.1, -0.05) is 36.3 Å². The Labute approximate surface area is 201 Å². The lowest BCUT2D eigenvalue weighted by molar-refractivity contribution is -0.135. The molecular formula is C28H36N4O2. The number of carbonyl (C=O) groups excluding carboxylic acids is 1. The highest BCUT2D eigenvalue weighted by Gasteiger charge is 2.46. The fraction of sp³-hybridized carbons (Fsp3) is 0.607. The standard InChI is InChI=1S/C28H36N4O2/c1-18(2)32-28(34)23-10-4-3-9-22(23)24(29-32)16-26(33)31-13-7-8-19-14-20-15-21(27(19)31)17-30-12-6-5-11-25(20)30/h3-4,9-10,14,18,20-21,25,27H,5-8,11-13,15-17H2,1-2H3/t20-,21+,25+,27-/m0/s1. The van der Waals surface area contributed by atoms with E-state index in [0.29, 0.717) is 17.2 Å². The Morgan fingerprint density at radius 3 is 2.76 bits per heavy atom. The summed E-state index contributed by atoms with van der Waals surface area (Å²) < 4.78 is 1.54. The minimum Gasteiger partial charge on any atom is -0.335 e. The third-order valence-corrected chi connectivity index (χ3v) is 8.69. The zero-order valence-corrected chi connectivity index (χ0v) is 20.4. The molecule has 34 heavy (non-hydrogen) atoms. The second-order valence-electron chi connectivity index (χ2n) is 11.1. The van der Waals surface area contributed by atoms with Crippen molar-refractivity contribution in [2.24, 2.45) is 11.8 Å². The molecular weight excluding hydrogens is 424 g/mol. The van der Waals surface area contributed by atoms with Crippen LogP contribution < -0.4 is 5.56 Å². The Balaban J connectivity index is 1.32. The molecule has 0 radical (unpaired) electrons. The van der Waals surface area contributed by atoms with Crippen LogP contribution in [0.3, 0.4) is 0 Å². The average Bonchev–Trinajstić information content (AvgIpc) is 2.85. The van der Waals surface area contributed by atoms with E-state index < -0.39 is 0 Å². The molecule has 4 aliphatic rings. The van der Waals surface area contributed by atoms with Gasteiger partial charge >= 0.3 is 0 Å². The van der Waals surface area contributed by atoms with Crippen molar-refractivity contribution < 1.29 is 4.79 Å². The fourth-order valence-electron chi connectivity index (χ4n) is 7.25. The van der Waals surface area contributed by atoms with E-state index in [2.05, 4.69) is 21.0 Å². The van der Waals surface area contributed by atoms with Crippen LogP contribution in [0.1, 0.15) is 64.1 Å². The lowest BCUT2D eigenvalue weighted by Crippen LogP contribution is -2.60. The fourth-order valence-corrected chi connectivity index (χ4v) is 7.25. The van der Waals surface area contributed by atoms with Crippen LogP contribution in [0.25, 0.3) is 10.8 Å². The molecule has 0 spiro atoms. The topological polar surface area (TPSA) is 58.4 Å².